The number of nitrogens with one attached hydrogen (secondary N) is 1. The molecule has 1 amide bonds. The van der Waals surface area contributed by atoms with E-state index < -0.39 is 15.4 Å². The SMILES string of the molecule is Cc1nn(C)c2nc(C3CC3)cc(C(=O)NC3(C)CCS(=O)(=O)C3)c12. The molecule has 2 aromatic heterocycles. The Kier molecular flexibility index (Phi) is 3.48. The number of aryl methyl sites for hydroxylation is 2. The molecule has 2 aromatic rings. The van der Waals surface area contributed by atoms with Crippen molar-refractivity contribution < 1.29 is 13.2 Å². The number of nitrogens with zero attached hydrogens (tertiary/aromatic N) is 3. The Bertz CT molecular complexity index is 991. The zero-order valence-electron chi connectivity index (χ0n) is 14.7. The average Bonchev–Trinajstić information content (AvgIpc) is 3.27. The lowest BCUT2D eigenvalue weighted by molar-refractivity contribution is 0.0917. The number of amides is 1. The smallest absolute Gasteiger partial charge is 0.252 e. The van der Waals surface area contributed by atoms with Gasteiger partial charge in [0.05, 0.1) is 33.7 Å². The summed E-state index contributed by atoms with van der Waals surface area (Å²) in [5.74, 6) is 0.273. The standard InChI is InChI=1S/C17H22N4O3S/c1-10-14-12(16(22)19-17(2)6-7-25(23,24)9-17)8-13(11-4-5-11)18-15(14)21(3)20-10/h8,11H,4-7,9H2,1-3H3,(H,19,22). The Morgan fingerprint density at radius 3 is 2.72 bits per heavy atom. The number of carbonyl (C=O) groups is 1. The summed E-state index contributed by atoms with van der Waals surface area (Å²) < 4.78 is 25.3. The molecule has 0 spiro atoms. The quantitative estimate of drug-likeness (QED) is 0.892. The summed E-state index contributed by atoms with van der Waals surface area (Å²) in [7, 11) is -1.26. The molecule has 1 aliphatic carbocycles. The molecule has 4 rings (SSSR count). The maximum absolute atomic E-state index is 13.0. The van der Waals surface area contributed by atoms with E-state index in [4.69, 9.17) is 4.98 Å². The fourth-order valence-corrected chi connectivity index (χ4v) is 5.78. The van der Waals surface area contributed by atoms with Gasteiger partial charge in [-0.15, -0.1) is 0 Å². The molecular formula is C17H22N4O3S. The Hall–Kier alpha value is -1.96. The zero-order valence-corrected chi connectivity index (χ0v) is 15.5. The van der Waals surface area contributed by atoms with Crippen LogP contribution in [0.3, 0.4) is 0 Å². The predicted molar refractivity (Wildman–Crippen MR) is 94.4 cm³/mol. The number of sulfone groups is 1. The van der Waals surface area contributed by atoms with Crippen molar-refractivity contribution in [3.05, 3.63) is 23.0 Å². The van der Waals surface area contributed by atoms with E-state index >= 15 is 0 Å². The van der Waals surface area contributed by atoms with Gasteiger partial charge in [-0.2, -0.15) is 5.10 Å². The first kappa shape index (κ1) is 16.5. The molecule has 0 bridgehead atoms. The number of rotatable bonds is 3. The van der Waals surface area contributed by atoms with Crippen LogP contribution in [0, 0.1) is 6.92 Å². The van der Waals surface area contributed by atoms with Crippen molar-refractivity contribution in [2.24, 2.45) is 7.05 Å². The monoisotopic (exact) mass is 362 g/mol. The van der Waals surface area contributed by atoms with Gasteiger partial charge in [0.1, 0.15) is 0 Å². The van der Waals surface area contributed by atoms with Gasteiger partial charge in [-0.25, -0.2) is 13.4 Å². The van der Waals surface area contributed by atoms with Gasteiger partial charge in [-0.3, -0.25) is 9.48 Å². The van der Waals surface area contributed by atoms with Crippen LogP contribution in [0.1, 0.15) is 53.8 Å². The molecule has 1 saturated heterocycles. The molecule has 1 atom stereocenters. The van der Waals surface area contributed by atoms with Crippen molar-refractivity contribution in [2.75, 3.05) is 11.5 Å². The van der Waals surface area contributed by atoms with Gasteiger partial charge in [0, 0.05) is 18.7 Å². The van der Waals surface area contributed by atoms with Crippen LogP contribution in [0.25, 0.3) is 11.0 Å². The molecule has 0 radical (unpaired) electrons. The van der Waals surface area contributed by atoms with Crippen molar-refractivity contribution in [3.63, 3.8) is 0 Å². The second-order valence-corrected chi connectivity index (χ2v) is 9.82. The van der Waals surface area contributed by atoms with Crippen LogP contribution in [0.15, 0.2) is 6.07 Å². The number of carbonyl (C=O) groups excluding carboxylic acids is 1. The van der Waals surface area contributed by atoms with E-state index in [2.05, 4.69) is 10.4 Å². The first-order valence-electron chi connectivity index (χ1n) is 8.55. The predicted octanol–water partition coefficient (Wildman–Crippen LogP) is 1.46. The largest absolute Gasteiger partial charge is 0.346 e. The average molecular weight is 362 g/mol. The molecule has 1 N–H and O–H groups in total. The van der Waals surface area contributed by atoms with Crippen LogP contribution in [-0.4, -0.2) is 46.1 Å². The lowest BCUT2D eigenvalue weighted by Gasteiger charge is -2.24. The third kappa shape index (κ3) is 2.92. The molecule has 2 aliphatic rings. The Morgan fingerprint density at radius 1 is 1.40 bits per heavy atom. The highest BCUT2D eigenvalue weighted by atomic mass is 32.2. The second-order valence-electron chi connectivity index (χ2n) is 7.63. The normalized spacial score (nSPS) is 25.4. The Labute approximate surface area is 146 Å². The van der Waals surface area contributed by atoms with Gasteiger partial charge in [0.25, 0.3) is 5.91 Å². The van der Waals surface area contributed by atoms with Gasteiger partial charge < -0.3 is 5.32 Å². The minimum atomic E-state index is -3.08. The van der Waals surface area contributed by atoms with E-state index in [0.717, 1.165) is 29.6 Å². The lowest BCUT2D eigenvalue weighted by atomic mass is 10.00. The van der Waals surface area contributed by atoms with Gasteiger partial charge in [0.2, 0.25) is 0 Å². The first-order chi connectivity index (χ1) is 11.7. The molecule has 3 heterocycles. The van der Waals surface area contributed by atoms with Crippen LogP contribution >= 0.6 is 0 Å². The van der Waals surface area contributed by atoms with Crippen molar-refractivity contribution in [1.82, 2.24) is 20.1 Å². The maximum atomic E-state index is 13.0. The lowest BCUT2D eigenvalue weighted by Crippen LogP contribution is -2.47. The molecule has 8 heteroatoms. The topological polar surface area (TPSA) is 93.9 Å². The van der Waals surface area contributed by atoms with Crippen molar-refractivity contribution in [1.29, 1.82) is 0 Å². The van der Waals surface area contributed by atoms with Gasteiger partial charge in [-0.1, -0.05) is 0 Å². The summed E-state index contributed by atoms with van der Waals surface area (Å²) in [6, 6.07) is 1.86. The Morgan fingerprint density at radius 2 is 2.12 bits per heavy atom. The minimum Gasteiger partial charge on any atom is -0.346 e. The summed E-state index contributed by atoms with van der Waals surface area (Å²) in [6.07, 6.45) is 2.62. The number of hydrogen-bond acceptors (Lipinski definition) is 5. The fraction of sp³-hybridized carbons (Fsp3) is 0.588. The fourth-order valence-electron chi connectivity index (χ4n) is 3.68. The first-order valence-corrected chi connectivity index (χ1v) is 10.4. The third-order valence-electron chi connectivity index (χ3n) is 5.15. The number of hydrogen-bond donors (Lipinski definition) is 1. The number of pyridine rings is 1. The van der Waals surface area contributed by atoms with Crippen molar-refractivity contribution in [3.8, 4) is 0 Å². The molecule has 2 fully saturated rings. The third-order valence-corrected chi connectivity index (χ3v) is 7.05. The van der Waals surface area contributed by atoms with Crippen LogP contribution in [0.2, 0.25) is 0 Å². The van der Waals surface area contributed by atoms with E-state index in [9.17, 15) is 13.2 Å². The summed E-state index contributed by atoms with van der Waals surface area (Å²) in [5.41, 5.74) is 2.20. The summed E-state index contributed by atoms with van der Waals surface area (Å²) >= 11 is 0. The van der Waals surface area contributed by atoms with E-state index in [0.29, 0.717) is 23.5 Å². The number of aromatic nitrogens is 3. The molecule has 7 nitrogen and oxygen atoms in total. The molecule has 0 aromatic carbocycles. The van der Waals surface area contributed by atoms with Gasteiger partial charge in [-0.05, 0) is 39.2 Å². The van der Waals surface area contributed by atoms with Crippen molar-refractivity contribution in [2.45, 2.75) is 44.6 Å². The molecule has 134 valence electrons. The van der Waals surface area contributed by atoms with Gasteiger partial charge in [0.15, 0.2) is 15.5 Å². The maximum Gasteiger partial charge on any atom is 0.252 e. The van der Waals surface area contributed by atoms with Crippen LogP contribution in [0.5, 0.6) is 0 Å². The molecule has 1 aliphatic heterocycles. The van der Waals surface area contributed by atoms with E-state index in [-0.39, 0.29) is 17.4 Å². The molecular weight excluding hydrogens is 340 g/mol. The number of fused-ring (bicyclic) bond motifs is 1. The highest BCUT2D eigenvalue weighted by Gasteiger charge is 2.40. The molecule has 25 heavy (non-hydrogen) atoms. The summed E-state index contributed by atoms with van der Waals surface area (Å²) in [4.78, 5) is 17.7. The second kappa shape index (κ2) is 5.27. The van der Waals surface area contributed by atoms with Crippen LogP contribution < -0.4 is 5.32 Å². The van der Waals surface area contributed by atoms with E-state index in [1.165, 1.54) is 0 Å². The summed E-state index contributed by atoms with van der Waals surface area (Å²) in [5, 5.41) is 8.11. The minimum absolute atomic E-state index is 0.0124. The molecule has 1 unspecified atom stereocenters. The highest BCUT2D eigenvalue weighted by Crippen LogP contribution is 2.40. The highest BCUT2D eigenvalue weighted by molar-refractivity contribution is 7.91. The van der Waals surface area contributed by atoms with Crippen molar-refractivity contribution >= 4 is 26.8 Å². The zero-order chi connectivity index (χ0) is 18.0. The van der Waals surface area contributed by atoms with Crippen LogP contribution in [-0.2, 0) is 16.9 Å². The Balaban J connectivity index is 1.76. The summed E-state index contributed by atoms with van der Waals surface area (Å²) in [6.45, 7) is 3.66. The van der Waals surface area contributed by atoms with E-state index in [1.807, 2.05) is 20.0 Å². The molecule has 1 saturated carbocycles. The van der Waals surface area contributed by atoms with Crippen LogP contribution in [0.4, 0.5) is 0 Å². The van der Waals surface area contributed by atoms with Gasteiger partial charge >= 0.3 is 0 Å². The van der Waals surface area contributed by atoms with E-state index in [1.54, 1.807) is 11.6 Å².